The first kappa shape index (κ1) is 40.2. The first-order valence-corrected chi connectivity index (χ1v) is 16.5. The summed E-state index contributed by atoms with van der Waals surface area (Å²) < 4.78 is 23.5. The number of carbonyl (C=O) groups is 1. The molecule has 2 heterocycles. The van der Waals surface area contributed by atoms with Gasteiger partial charge in [-0.25, -0.2) is 4.79 Å². The quantitative estimate of drug-likeness (QED) is 0.173. The predicted molar refractivity (Wildman–Crippen MR) is 184 cm³/mol. The number of ether oxygens (including phenoxy) is 4. The van der Waals surface area contributed by atoms with Crippen LogP contribution in [0.4, 0.5) is 0 Å². The fraction of sp³-hybridized carbons (Fsp3) is 0.605. The number of aliphatic hydroxyl groups excluding tert-OH is 3. The minimum absolute atomic E-state index is 0.0712. The zero-order chi connectivity index (χ0) is 35.6. The number of allylic oxidation sites excluding steroid dienone is 11. The minimum atomic E-state index is -1.87. The molecule has 0 bridgehead atoms. The van der Waals surface area contributed by atoms with E-state index < -0.39 is 54.1 Å². The first-order valence-electron chi connectivity index (χ1n) is 16.5. The van der Waals surface area contributed by atoms with Crippen LogP contribution in [0.25, 0.3) is 0 Å². The summed E-state index contributed by atoms with van der Waals surface area (Å²) in [5, 5.41) is 45.4. The van der Waals surface area contributed by atoms with E-state index >= 15 is 0 Å². The highest BCUT2D eigenvalue weighted by molar-refractivity contribution is 5.87. The summed E-state index contributed by atoms with van der Waals surface area (Å²) in [6, 6.07) is 0. The van der Waals surface area contributed by atoms with E-state index in [1.807, 2.05) is 65.8 Å². The van der Waals surface area contributed by atoms with E-state index in [-0.39, 0.29) is 29.8 Å². The fourth-order valence-corrected chi connectivity index (χ4v) is 6.33. The SMILES string of the molecule is C/C=C/C=C(\C)C1OC(O)(C(C)C(O)C(C)C2OC(=O)/C(OC)=C/C(C)=C/C(C)=C(/O)C(C)C/C(C)=C/C=C/C2OC)CC(O)C1C. The molecule has 10 unspecified atom stereocenters. The predicted octanol–water partition coefficient (Wildman–Crippen LogP) is 6.39. The van der Waals surface area contributed by atoms with Gasteiger partial charge < -0.3 is 39.4 Å². The van der Waals surface area contributed by atoms with Gasteiger partial charge in [-0.1, -0.05) is 75.8 Å². The van der Waals surface area contributed by atoms with Crippen molar-refractivity contribution in [3.8, 4) is 0 Å². The molecule has 1 saturated heterocycles. The normalized spacial score (nSPS) is 38.2. The van der Waals surface area contributed by atoms with Gasteiger partial charge in [0.2, 0.25) is 5.76 Å². The Balaban J connectivity index is 2.56. The van der Waals surface area contributed by atoms with E-state index in [9.17, 15) is 25.2 Å². The second-order valence-electron chi connectivity index (χ2n) is 13.3. The van der Waals surface area contributed by atoms with Gasteiger partial charge in [-0.3, -0.25) is 0 Å². The maximum Gasteiger partial charge on any atom is 0.373 e. The molecule has 1 fully saturated rings. The molecule has 0 radical (unpaired) electrons. The maximum absolute atomic E-state index is 13.6. The van der Waals surface area contributed by atoms with Gasteiger partial charge in [0.25, 0.3) is 0 Å². The summed E-state index contributed by atoms with van der Waals surface area (Å²) in [7, 11) is 2.85. The molecule has 0 aromatic carbocycles. The largest absolute Gasteiger partial charge is 0.512 e. The molecule has 0 saturated carbocycles. The molecule has 4 N–H and O–H groups in total. The lowest BCUT2D eigenvalue weighted by molar-refractivity contribution is -0.315. The van der Waals surface area contributed by atoms with Crippen molar-refractivity contribution < 1.29 is 44.2 Å². The standard InChI is InChI=1S/C38H58O9/c1-12-13-16-24(4)35-27(7)30(39)21-38(43,47-35)29(9)34(41)28(8)36-31(44-10)17-14-15-22(2)18-25(5)33(40)26(6)19-23(3)20-32(45-11)37(42)46-36/h12-17,19-20,25,27-31,34-36,39-41,43H,18,21H2,1-11H3/b13-12+,17-14+,22-15+,23-19+,24-16+,32-20-,33-26+. The number of hydrogen-bond acceptors (Lipinski definition) is 9. The molecular weight excluding hydrogens is 600 g/mol. The van der Waals surface area contributed by atoms with Gasteiger partial charge in [-0.15, -0.1) is 0 Å². The Morgan fingerprint density at radius 2 is 1.81 bits per heavy atom. The van der Waals surface area contributed by atoms with Crippen LogP contribution in [-0.4, -0.2) is 76.9 Å². The highest BCUT2D eigenvalue weighted by Gasteiger charge is 2.51. The van der Waals surface area contributed by atoms with E-state index in [0.29, 0.717) is 17.6 Å². The molecule has 0 aliphatic carbocycles. The van der Waals surface area contributed by atoms with Crippen LogP contribution in [0.1, 0.15) is 75.2 Å². The summed E-state index contributed by atoms with van der Waals surface area (Å²) in [6.07, 6.45) is 10.4. The molecule has 264 valence electrons. The molecule has 9 heteroatoms. The highest BCUT2D eigenvalue weighted by Crippen LogP contribution is 2.41. The molecule has 47 heavy (non-hydrogen) atoms. The molecule has 0 aromatic heterocycles. The molecule has 2 aliphatic heterocycles. The third-order valence-electron chi connectivity index (χ3n) is 9.44. The van der Waals surface area contributed by atoms with Gasteiger partial charge in [-0.2, -0.15) is 0 Å². The number of aliphatic hydroxyl groups is 4. The fourth-order valence-electron chi connectivity index (χ4n) is 6.33. The monoisotopic (exact) mass is 658 g/mol. The maximum atomic E-state index is 13.6. The second kappa shape index (κ2) is 18.0. The van der Waals surface area contributed by atoms with Gasteiger partial charge in [0.05, 0.1) is 31.2 Å². The Morgan fingerprint density at radius 3 is 2.40 bits per heavy atom. The summed E-state index contributed by atoms with van der Waals surface area (Å²) in [5.41, 5.74) is 3.19. The van der Waals surface area contributed by atoms with Gasteiger partial charge in [0, 0.05) is 37.2 Å². The zero-order valence-electron chi connectivity index (χ0n) is 30.1. The average Bonchev–Trinajstić information content (AvgIpc) is 3.03. The van der Waals surface area contributed by atoms with Crippen LogP contribution in [0.5, 0.6) is 0 Å². The van der Waals surface area contributed by atoms with Crippen molar-refractivity contribution in [3.63, 3.8) is 0 Å². The van der Waals surface area contributed by atoms with Gasteiger partial charge >= 0.3 is 5.97 Å². The van der Waals surface area contributed by atoms with Crippen LogP contribution < -0.4 is 0 Å². The summed E-state index contributed by atoms with van der Waals surface area (Å²) in [6.45, 7) is 16.5. The van der Waals surface area contributed by atoms with Crippen molar-refractivity contribution in [1.29, 1.82) is 0 Å². The van der Waals surface area contributed by atoms with E-state index in [2.05, 4.69) is 0 Å². The van der Waals surface area contributed by atoms with Crippen molar-refractivity contribution in [1.82, 2.24) is 0 Å². The molecule has 10 atom stereocenters. The molecule has 2 rings (SSSR count). The number of carbonyl (C=O) groups excluding carboxylic acids is 1. The Labute approximate surface area is 281 Å². The van der Waals surface area contributed by atoms with Crippen molar-refractivity contribution in [3.05, 3.63) is 82.4 Å². The lowest BCUT2D eigenvalue weighted by Crippen LogP contribution is -2.58. The van der Waals surface area contributed by atoms with Crippen LogP contribution in [0.2, 0.25) is 0 Å². The van der Waals surface area contributed by atoms with E-state index in [0.717, 1.165) is 11.1 Å². The average molecular weight is 659 g/mol. The Kier molecular flexibility index (Phi) is 15.4. The van der Waals surface area contributed by atoms with Crippen LogP contribution in [-0.2, 0) is 23.7 Å². The molecule has 0 spiro atoms. The van der Waals surface area contributed by atoms with Gasteiger partial charge in [0.15, 0.2) is 5.79 Å². The molecular formula is C38H58O9. The Morgan fingerprint density at radius 1 is 1.15 bits per heavy atom. The van der Waals surface area contributed by atoms with Gasteiger partial charge in [0.1, 0.15) is 12.2 Å². The van der Waals surface area contributed by atoms with Gasteiger partial charge in [-0.05, 0) is 63.8 Å². The smallest absolute Gasteiger partial charge is 0.373 e. The second-order valence-corrected chi connectivity index (χ2v) is 13.3. The first-order chi connectivity index (χ1) is 22.0. The van der Waals surface area contributed by atoms with Crippen LogP contribution >= 0.6 is 0 Å². The summed E-state index contributed by atoms with van der Waals surface area (Å²) >= 11 is 0. The van der Waals surface area contributed by atoms with Crippen molar-refractivity contribution >= 4 is 5.97 Å². The topological polar surface area (TPSA) is 135 Å². The van der Waals surface area contributed by atoms with E-state index in [1.54, 1.807) is 39.0 Å². The third kappa shape index (κ3) is 10.5. The third-order valence-corrected chi connectivity index (χ3v) is 9.44. The van der Waals surface area contributed by atoms with Crippen LogP contribution in [0.3, 0.4) is 0 Å². The number of cyclic esters (lactones) is 1. The van der Waals surface area contributed by atoms with E-state index in [1.165, 1.54) is 20.3 Å². The Hall–Kier alpha value is -2.95. The van der Waals surface area contributed by atoms with Crippen LogP contribution in [0.15, 0.2) is 82.4 Å². The number of methoxy groups -OCH3 is 2. The summed E-state index contributed by atoms with van der Waals surface area (Å²) in [5.74, 6) is -4.54. The lowest BCUT2D eigenvalue weighted by Gasteiger charge is -2.48. The van der Waals surface area contributed by atoms with Crippen LogP contribution in [0, 0.1) is 23.7 Å². The van der Waals surface area contributed by atoms with Crippen molar-refractivity contribution in [2.75, 3.05) is 14.2 Å². The van der Waals surface area contributed by atoms with Crippen molar-refractivity contribution in [2.24, 2.45) is 23.7 Å². The minimum Gasteiger partial charge on any atom is -0.512 e. The highest BCUT2D eigenvalue weighted by atomic mass is 16.6. The molecule has 9 nitrogen and oxygen atoms in total. The number of hydrogen-bond donors (Lipinski definition) is 4. The number of esters is 1. The lowest BCUT2D eigenvalue weighted by atomic mass is 9.76. The summed E-state index contributed by atoms with van der Waals surface area (Å²) in [4.78, 5) is 13.6. The number of rotatable bonds is 8. The molecule has 0 aromatic rings. The van der Waals surface area contributed by atoms with Crippen molar-refractivity contribution in [2.45, 2.75) is 111 Å². The van der Waals surface area contributed by atoms with E-state index in [4.69, 9.17) is 18.9 Å². The zero-order valence-corrected chi connectivity index (χ0v) is 30.1. The molecule has 0 amide bonds. The Bertz CT molecular complexity index is 1290. The molecule has 2 aliphatic rings.